The van der Waals surface area contributed by atoms with Gasteiger partial charge in [0.1, 0.15) is 5.75 Å². The normalized spacial score (nSPS) is 12.9. The Morgan fingerprint density at radius 2 is 2.22 bits per heavy atom. The van der Waals surface area contributed by atoms with Crippen molar-refractivity contribution in [3.8, 4) is 5.75 Å². The fourth-order valence-electron chi connectivity index (χ4n) is 1.60. The van der Waals surface area contributed by atoms with Gasteiger partial charge in [0.25, 0.3) is 5.91 Å². The van der Waals surface area contributed by atoms with Crippen molar-refractivity contribution in [2.24, 2.45) is 0 Å². The second-order valence-electron chi connectivity index (χ2n) is 4.26. The molecule has 5 heteroatoms. The van der Waals surface area contributed by atoms with E-state index in [1.165, 1.54) is 6.08 Å². The SMILES string of the molecule is CC(C)=CC(=O)Nc1ccc2c(c1)NC(=O)CO2. The zero-order valence-corrected chi connectivity index (χ0v) is 10.2. The monoisotopic (exact) mass is 246 g/mol. The van der Waals surface area contributed by atoms with Gasteiger partial charge in [0.05, 0.1) is 5.69 Å². The molecule has 2 amide bonds. The van der Waals surface area contributed by atoms with Crippen LogP contribution in [0.2, 0.25) is 0 Å². The van der Waals surface area contributed by atoms with E-state index in [-0.39, 0.29) is 18.4 Å². The van der Waals surface area contributed by atoms with Crippen molar-refractivity contribution in [1.29, 1.82) is 0 Å². The third kappa shape index (κ3) is 2.88. The summed E-state index contributed by atoms with van der Waals surface area (Å²) in [4.78, 5) is 22.7. The molecule has 94 valence electrons. The predicted octanol–water partition coefficient (Wildman–Crippen LogP) is 1.92. The molecule has 0 saturated heterocycles. The van der Waals surface area contributed by atoms with Crippen molar-refractivity contribution >= 4 is 23.2 Å². The molecule has 18 heavy (non-hydrogen) atoms. The molecule has 2 rings (SSSR count). The summed E-state index contributed by atoms with van der Waals surface area (Å²) in [5, 5.41) is 5.40. The van der Waals surface area contributed by atoms with Gasteiger partial charge in [-0.3, -0.25) is 9.59 Å². The maximum absolute atomic E-state index is 11.5. The average Bonchev–Trinajstić information content (AvgIpc) is 2.27. The maximum atomic E-state index is 11.5. The number of allylic oxidation sites excluding steroid dienone is 1. The minimum absolute atomic E-state index is 0.0243. The molecule has 1 aromatic rings. The summed E-state index contributed by atoms with van der Waals surface area (Å²) in [5.41, 5.74) is 2.10. The number of rotatable bonds is 2. The van der Waals surface area contributed by atoms with Gasteiger partial charge in [-0.15, -0.1) is 0 Å². The molecule has 0 unspecified atom stereocenters. The Bertz CT molecular complexity index is 531. The number of anilines is 2. The number of carbonyl (C=O) groups excluding carboxylic acids is 2. The van der Waals surface area contributed by atoms with Crippen LogP contribution in [0.5, 0.6) is 5.75 Å². The molecule has 0 aliphatic carbocycles. The first-order valence-corrected chi connectivity index (χ1v) is 5.57. The van der Waals surface area contributed by atoms with E-state index in [0.29, 0.717) is 17.1 Å². The zero-order chi connectivity index (χ0) is 13.1. The molecule has 0 aromatic heterocycles. The Hall–Kier alpha value is -2.30. The van der Waals surface area contributed by atoms with Crippen molar-refractivity contribution in [3.63, 3.8) is 0 Å². The summed E-state index contributed by atoms with van der Waals surface area (Å²) in [5.74, 6) is 0.211. The smallest absolute Gasteiger partial charge is 0.262 e. The number of carbonyl (C=O) groups is 2. The molecule has 1 aliphatic rings. The quantitative estimate of drug-likeness (QED) is 0.783. The standard InChI is InChI=1S/C13H14N2O3/c1-8(2)5-12(16)14-9-3-4-11-10(6-9)15-13(17)7-18-11/h3-6H,7H2,1-2H3,(H,14,16)(H,15,17). The minimum atomic E-state index is -0.199. The van der Waals surface area contributed by atoms with Crippen molar-refractivity contribution in [2.45, 2.75) is 13.8 Å². The van der Waals surface area contributed by atoms with Crippen molar-refractivity contribution in [3.05, 3.63) is 29.8 Å². The molecule has 0 saturated carbocycles. The lowest BCUT2D eigenvalue weighted by Gasteiger charge is -2.18. The van der Waals surface area contributed by atoms with E-state index in [2.05, 4.69) is 10.6 Å². The van der Waals surface area contributed by atoms with Gasteiger partial charge in [-0.25, -0.2) is 0 Å². The first-order chi connectivity index (χ1) is 8.54. The number of hydrogen-bond acceptors (Lipinski definition) is 3. The van der Waals surface area contributed by atoms with E-state index in [1.54, 1.807) is 18.2 Å². The highest BCUT2D eigenvalue weighted by Gasteiger charge is 2.16. The summed E-state index contributed by atoms with van der Waals surface area (Å²) >= 11 is 0. The van der Waals surface area contributed by atoms with E-state index >= 15 is 0 Å². The van der Waals surface area contributed by atoms with Crippen LogP contribution >= 0.6 is 0 Å². The van der Waals surface area contributed by atoms with Gasteiger partial charge in [-0.1, -0.05) is 5.57 Å². The van der Waals surface area contributed by atoms with Gasteiger partial charge in [0.2, 0.25) is 5.91 Å². The molecule has 0 radical (unpaired) electrons. The van der Waals surface area contributed by atoms with Crippen LogP contribution in [0.1, 0.15) is 13.8 Å². The molecular formula is C13H14N2O3. The second-order valence-corrected chi connectivity index (χ2v) is 4.26. The first kappa shape index (κ1) is 12.2. The molecule has 0 bridgehead atoms. The van der Waals surface area contributed by atoms with Crippen LogP contribution in [-0.4, -0.2) is 18.4 Å². The van der Waals surface area contributed by atoms with Crippen molar-refractivity contribution < 1.29 is 14.3 Å². The summed E-state index contributed by atoms with van der Waals surface area (Å²) < 4.78 is 5.22. The summed E-state index contributed by atoms with van der Waals surface area (Å²) in [7, 11) is 0. The molecule has 5 nitrogen and oxygen atoms in total. The van der Waals surface area contributed by atoms with Gasteiger partial charge in [0.15, 0.2) is 6.61 Å². The van der Waals surface area contributed by atoms with Crippen LogP contribution in [0.15, 0.2) is 29.8 Å². The van der Waals surface area contributed by atoms with E-state index in [1.807, 2.05) is 13.8 Å². The molecule has 1 heterocycles. The highest BCUT2D eigenvalue weighted by Crippen LogP contribution is 2.30. The van der Waals surface area contributed by atoms with Crippen LogP contribution in [0.25, 0.3) is 0 Å². The number of amides is 2. The van der Waals surface area contributed by atoms with Crippen LogP contribution < -0.4 is 15.4 Å². The van der Waals surface area contributed by atoms with E-state index in [4.69, 9.17) is 4.74 Å². The highest BCUT2D eigenvalue weighted by molar-refractivity contribution is 6.01. The number of nitrogens with one attached hydrogen (secondary N) is 2. The van der Waals surface area contributed by atoms with Gasteiger partial charge >= 0.3 is 0 Å². The topological polar surface area (TPSA) is 67.4 Å². The van der Waals surface area contributed by atoms with Crippen LogP contribution in [0.4, 0.5) is 11.4 Å². The molecular weight excluding hydrogens is 232 g/mol. The number of benzene rings is 1. The van der Waals surface area contributed by atoms with Gasteiger partial charge in [-0.2, -0.15) is 0 Å². The summed E-state index contributed by atoms with van der Waals surface area (Å²) in [6, 6.07) is 5.11. The van der Waals surface area contributed by atoms with Gasteiger partial charge in [0, 0.05) is 11.8 Å². The largest absolute Gasteiger partial charge is 0.482 e. The Balaban J connectivity index is 2.16. The van der Waals surface area contributed by atoms with Crippen LogP contribution in [0, 0.1) is 0 Å². The van der Waals surface area contributed by atoms with E-state index < -0.39 is 0 Å². The van der Waals surface area contributed by atoms with Crippen molar-refractivity contribution in [1.82, 2.24) is 0 Å². The molecule has 1 aliphatic heterocycles. The first-order valence-electron chi connectivity index (χ1n) is 5.57. The fraction of sp³-hybridized carbons (Fsp3) is 0.231. The van der Waals surface area contributed by atoms with Crippen LogP contribution in [0.3, 0.4) is 0 Å². The molecule has 0 fully saturated rings. The predicted molar refractivity (Wildman–Crippen MR) is 68.6 cm³/mol. The molecule has 2 N–H and O–H groups in total. The van der Waals surface area contributed by atoms with E-state index in [0.717, 1.165) is 5.57 Å². The molecule has 1 aromatic carbocycles. The zero-order valence-electron chi connectivity index (χ0n) is 10.2. The average molecular weight is 246 g/mol. The molecule has 0 spiro atoms. The van der Waals surface area contributed by atoms with Gasteiger partial charge < -0.3 is 15.4 Å². The Morgan fingerprint density at radius 3 is 2.94 bits per heavy atom. The minimum Gasteiger partial charge on any atom is -0.482 e. The Morgan fingerprint density at radius 1 is 1.44 bits per heavy atom. The third-order valence-corrected chi connectivity index (χ3v) is 2.30. The van der Waals surface area contributed by atoms with Crippen molar-refractivity contribution in [2.75, 3.05) is 17.2 Å². The summed E-state index contributed by atoms with van der Waals surface area (Å²) in [6.07, 6.45) is 1.51. The Labute approximate surface area is 105 Å². The Kier molecular flexibility index (Phi) is 3.32. The lowest BCUT2D eigenvalue weighted by molar-refractivity contribution is -0.118. The number of hydrogen-bond donors (Lipinski definition) is 2. The van der Waals surface area contributed by atoms with Crippen LogP contribution in [-0.2, 0) is 9.59 Å². The van der Waals surface area contributed by atoms with Gasteiger partial charge in [-0.05, 0) is 32.0 Å². The maximum Gasteiger partial charge on any atom is 0.262 e. The second kappa shape index (κ2) is 4.91. The van der Waals surface area contributed by atoms with E-state index in [9.17, 15) is 9.59 Å². The lowest BCUT2D eigenvalue weighted by atomic mass is 10.2. The number of ether oxygens (including phenoxy) is 1. The number of fused-ring (bicyclic) bond motifs is 1. The lowest BCUT2D eigenvalue weighted by Crippen LogP contribution is -2.25. The molecule has 0 atom stereocenters. The highest BCUT2D eigenvalue weighted by atomic mass is 16.5. The fourth-order valence-corrected chi connectivity index (χ4v) is 1.60. The third-order valence-electron chi connectivity index (χ3n) is 2.30. The summed E-state index contributed by atoms with van der Waals surface area (Å²) in [6.45, 7) is 3.72.